The lowest BCUT2D eigenvalue weighted by Gasteiger charge is -2.14. The van der Waals surface area contributed by atoms with Crippen molar-refractivity contribution in [3.8, 4) is 6.07 Å². The fourth-order valence-corrected chi connectivity index (χ4v) is 2.21. The highest BCUT2D eigenvalue weighted by Gasteiger charge is 2.28. The van der Waals surface area contributed by atoms with Gasteiger partial charge in [-0.15, -0.1) is 0 Å². The van der Waals surface area contributed by atoms with Gasteiger partial charge in [-0.1, -0.05) is 37.3 Å². The van der Waals surface area contributed by atoms with Crippen LogP contribution in [0.1, 0.15) is 12.5 Å². The summed E-state index contributed by atoms with van der Waals surface area (Å²) in [5.41, 5.74) is 1.34. The highest BCUT2D eigenvalue weighted by molar-refractivity contribution is 5.15. The Morgan fingerprint density at radius 3 is 2.67 bits per heavy atom. The van der Waals surface area contributed by atoms with Crippen LogP contribution in [0.2, 0.25) is 0 Å². The third kappa shape index (κ3) is 2.37. The van der Waals surface area contributed by atoms with Gasteiger partial charge in [0.2, 0.25) is 0 Å². The second-order valence-corrected chi connectivity index (χ2v) is 4.39. The molecule has 1 saturated heterocycles. The van der Waals surface area contributed by atoms with Crippen LogP contribution in [-0.4, -0.2) is 18.0 Å². The van der Waals surface area contributed by atoms with Crippen LogP contribution >= 0.6 is 0 Å². The lowest BCUT2D eigenvalue weighted by atomic mass is 10.0. The summed E-state index contributed by atoms with van der Waals surface area (Å²) >= 11 is 0. The van der Waals surface area contributed by atoms with Crippen molar-refractivity contribution in [2.45, 2.75) is 13.5 Å². The highest BCUT2D eigenvalue weighted by atomic mass is 15.1. The Bertz CT molecular complexity index is 353. The molecule has 2 rings (SSSR count). The molecule has 1 aromatic carbocycles. The van der Waals surface area contributed by atoms with Crippen molar-refractivity contribution < 1.29 is 0 Å². The topological polar surface area (TPSA) is 27.0 Å². The first kappa shape index (κ1) is 10.2. The zero-order valence-corrected chi connectivity index (χ0v) is 9.06. The molecule has 0 bridgehead atoms. The third-order valence-electron chi connectivity index (χ3n) is 3.10. The molecule has 0 amide bonds. The Morgan fingerprint density at radius 1 is 1.33 bits per heavy atom. The molecular formula is C13H16N2. The fraction of sp³-hybridized carbons (Fsp3) is 0.462. The van der Waals surface area contributed by atoms with Crippen LogP contribution in [0.3, 0.4) is 0 Å². The number of rotatable bonds is 2. The molecule has 1 fully saturated rings. The maximum Gasteiger partial charge on any atom is 0.0672 e. The van der Waals surface area contributed by atoms with E-state index in [1.807, 2.05) is 6.07 Å². The number of likely N-dealkylation sites (tertiary alicyclic amines) is 1. The monoisotopic (exact) mass is 200 g/mol. The van der Waals surface area contributed by atoms with Gasteiger partial charge in [0.1, 0.15) is 0 Å². The minimum atomic E-state index is 0.216. The van der Waals surface area contributed by atoms with Gasteiger partial charge in [0.25, 0.3) is 0 Å². The summed E-state index contributed by atoms with van der Waals surface area (Å²) in [5.74, 6) is 0.729. The van der Waals surface area contributed by atoms with Crippen LogP contribution in [0.15, 0.2) is 30.3 Å². The standard InChI is InChI=1S/C13H16N2/c1-11-8-15(10-13(11)7-14)9-12-5-3-2-4-6-12/h2-6,11,13H,8-10H2,1H3/t11-,13-/m1/s1. The molecule has 2 nitrogen and oxygen atoms in total. The number of hydrogen-bond acceptors (Lipinski definition) is 2. The molecule has 2 atom stereocenters. The van der Waals surface area contributed by atoms with E-state index < -0.39 is 0 Å². The molecular weight excluding hydrogens is 184 g/mol. The fourth-order valence-electron chi connectivity index (χ4n) is 2.21. The number of nitrogens with zero attached hydrogens (tertiary/aromatic N) is 2. The molecule has 1 aliphatic rings. The second-order valence-electron chi connectivity index (χ2n) is 4.39. The lowest BCUT2D eigenvalue weighted by Crippen LogP contribution is -2.20. The van der Waals surface area contributed by atoms with Gasteiger partial charge < -0.3 is 0 Å². The van der Waals surface area contributed by atoms with Gasteiger partial charge in [-0.3, -0.25) is 4.90 Å². The summed E-state index contributed by atoms with van der Waals surface area (Å²) in [6, 6.07) is 12.8. The third-order valence-corrected chi connectivity index (χ3v) is 3.10. The first-order valence-corrected chi connectivity index (χ1v) is 5.45. The molecule has 0 unspecified atom stereocenters. The van der Waals surface area contributed by atoms with Gasteiger partial charge in [0, 0.05) is 19.6 Å². The lowest BCUT2D eigenvalue weighted by molar-refractivity contribution is 0.318. The molecule has 0 N–H and O–H groups in total. The van der Waals surface area contributed by atoms with Gasteiger partial charge >= 0.3 is 0 Å². The van der Waals surface area contributed by atoms with Gasteiger partial charge in [-0.25, -0.2) is 0 Å². The number of benzene rings is 1. The summed E-state index contributed by atoms with van der Waals surface area (Å²) in [4.78, 5) is 2.37. The van der Waals surface area contributed by atoms with E-state index in [0.717, 1.165) is 19.6 Å². The maximum atomic E-state index is 8.94. The Labute approximate surface area is 91.1 Å². The van der Waals surface area contributed by atoms with E-state index in [1.54, 1.807) is 0 Å². The SMILES string of the molecule is C[C@@H]1CN(Cc2ccccc2)C[C@H]1C#N. The van der Waals surface area contributed by atoms with Crippen LogP contribution in [-0.2, 0) is 6.54 Å². The smallest absolute Gasteiger partial charge is 0.0672 e. The van der Waals surface area contributed by atoms with Crippen LogP contribution in [0.5, 0.6) is 0 Å². The van der Waals surface area contributed by atoms with Crippen LogP contribution < -0.4 is 0 Å². The first-order chi connectivity index (χ1) is 7.29. The van der Waals surface area contributed by atoms with Crippen molar-refractivity contribution >= 4 is 0 Å². The van der Waals surface area contributed by atoms with E-state index in [0.29, 0.717) is 5.92 Å². The summed E-state index contributed by atoms with van der Waals surface area (Å²) in [5, 5.41) is 8.94. The molecule has 15 heavy (non-hydrogen) atoms. The average molecular weight is 200 g/mol. The Hall–Kier alpha value is -1.33. The molecule has 0 aromatic heterocycles. The first-order valence-electron chi connectivity index (χ1n) is 5.45. The van der Waals surface area contributed by atoms with Crippen molar-refractivity contribution in [3.63, 3.8) is 0 Å². The Morgan fingerprint density at radius 2 is 2.07 bits per heavy atom. The van der Waals surface area contributed by atoms with Crippen molar-refractivity contribution in [1.29, 1.82) is 5.26 Å². The van der Waals surface area contributed by atoms with Gasteiger partial charge in [-0.2, -0.15) is 5.26 Å². The minimum Gasteiger partial charge on any atom is -0.297 e. The normalized spacial score (nSPS) is 26.4. The molecule has 2 heteroatoms. The largest absolute Gasteiger partial charge is 0.297 e. The van der Waals surface area contributed by atoms with E-state index in [9.17, 15) is 0 Å². The quantitative estimate of drug-likeness (QED) is 0.732. The predicted molar refractivity (Wildman–Crippen MR) is 60.0 cm³/mol. The van der Waals surface area contributed by atoms with Crippen molar-refractivity contribution in [2.75, 3.05) is 13.1 Å². The maximum absolute atomic E-state index is 8.94. The minimum absolute atomic E-state index is 0.216. The molecule has 1 aromatic rings. The molecule has 0 saturated carbocycles. The van der Waals surface area contributed by atoms with E-state index in [2.05, 4.69) is 42.2 Å². The second kappa shape index (κ2) is 4.46. The van der Waals surface area contributed by atoms with E-state index in [1.165, 1.54) is 5.56 Å². The predicted octanol–water partition coefficient (Wildman–Crippen LogP) is 2.28. The summed E-state index contributed by atoms with van der Waals surface area (Å²) in [6.07, 6.45) is 0. The zero-order chi connectivity index (χ0) is 10.7. The van der Waals surface area contributed by atoms with Gasteiger partial charge in [-0.05, 0) is 11.5 Å². The number of nitriles is 1. The molecule has 1 heterocycles. The number of hydrogen-bond donors (Lipinski definition) is 0. The Kier molecular flexibility index (Phi) is 3.03. The van der Waals surface area contributed by atoms with Crippen molar-refractivity contribution in [1.82, 2.24) is 4.90 Å². The molecule has 1 aliphatic heterocycles. The van der Waals surface area contributed by atoms with Crippen LogP contribution in [0.4, 0.5) is 0 Å². The van der Waals surface area contributed by atoms with E-state index in [4.69, 9.17) is 5.26 Å². The molecule has 0 spiro atoms. The van der Waals surface area contributed by atoms with Crippen LogP contribution in [0.25, 0.3) is 0 Å². The highest BCUT2D eigenvalue weighted by Crippen LogP contribution is 2.23. The van der Waals surface area contributed by atoms with Gasteiger partial charge in [0.05, 0.1) is 12.0 Å². The molecule has 0 radical (unpaired) electrons. The average Bonchev–Trinajstić information content (AvgIpc) is 2.60. The molecule has 78 valence electrons. The van der Waals surface area contributed by atoms with E-state index >= 15 is 0 Å². The van der Waals surface area contributed by atoms with Crippen molar-refractivity contribution in [3.05, 3.63) is 35.9 Å². The van der Waals surface area contributed by atoms with Crippen LogP contribution in [0, 0.1) is 23.2 Å². The van der Waals surface area contributed by atoms with Crippen molar-refractivity contribution in [2.24, 2.45) is 11.8 Å². The summed E-state index contributed by atoms with van der Waals surface area (Å²) in [6.45, 7) is 5.11. The summed E-state index contributed by atoms with van der Waals surface area (Å²) < 4.78 is 0. The Balaban J connectivity index is 1.96. The van der Waals surface area contributed by atoms with Gasteiger partial charge in [0.15, 0.2) is 0 Å². The van der Waals surface area contributed by atoms with E-state index in [-0.39, 0.29) is 5.92 Å². The summed E-state index contributed by atoms with van der Waals surface area (Å²) in [7, 11) is 0. The molecule has 0 aliphatic carbocycles. The zero-order valence-electron chi connectivity index (χ0n) is 9.06.